The molecule has 4 N–H and O–H groups in total. The average Bonchev–Trinajstić information content (AvgIpc) is 2.65. The topological polar surface area (TPSA) is 114 Å². The van der Waals surface area contributed by atoms with Gasteiger partial charge in [0.15, 0.2) is 5.03 Å². The maximum absolute atomic E-state index is 11.6. The first-order valence-corrected chi connectivity index (χ1v) is 6.28. The Morgan fingerprint density at radius 1 is 1.69 bits per heavy atom. The molecule has 0 unspecified atom stereocenters. The largest absolute Gasteiger partial charge is 0.388 e. The summed E-state index contributed by atoms with van der Waals surface area (Å²) in [6.07, 6.45) is 3.10. The van der Waals surface area contributed by atoms with E-state index in [0.29, 0.717) is 6.54 Å². The summed E-state index contributed by atoms with van der Waals surface area (Å²) in [5, 5.41) is 6.95. The third-order valence-electron chi connectivity index (χ3n) is 1.94. The molecule has 0 saturated heterocycles. The number of amidine groups is 1. The van der Waals surface area contributed by atoms with Gasteiger partial charge in [0.05, 0.1) is 12.2 Å². The van der Waals surface area contributed by atoms with Crippen LogP contribution in [0.5, 0.6) is 0 Å². The minimum atomic E-state index is -3.58. The first-order chi connectivity index (χ1) is 7.45. The Morgan fingerprint density at radius 3 is 2.88 bits per heavy atom. The van der Waals surface area contributed by atoms with E-state index >= 15 is 0 Å². The Balaban J connectivity index is 2.66. The molecule has 0 amide bonds. The van der Waals surface area contributed by atoms with Crippen LogP contribution in [0.2, 0.25) is 0 Å². The summed E-state index contributed by atoms with van der Waals surface area (Å²) < 4.78 is 27.3. The number of sulfonamides is 1. The van der Waals surface area contributed by atoms with Gasteiger partial charge < -0.3 is 10.3 Å². The molecule has 16 heavy (non-hydrogen) atoms. The molecule has 1 aromatic heterocycles. The Bertz CT molecular complexity index is 465. The van der Waals surface area contributed by atoms with E-state index in [9.17, 15) is 8.42 Å². The number of rotatable bonds is 6. The van der Waals surface area contributed by atoms with E-state index < -0.39 is 10.0 Å². The molecule has 7 nitrogen and oxygen atoms in total. The molecule has 0 aliphatic rings. The predicted octanol–water partition coefficient (Wildman–Crippen LogP) is -0.493. The predicted molar refractivity (Wildman–Crippen MR) is 59.6 cm³/mol. The van der Waals surface area contributed by atoms with Crippen LogP contribution in [0, 0.1) is 5.41 Å². The zero-order chi connectivity index (χ0) is 12.2. The lowest BCUT2D eigenvalue weighted by Gasteiger charge is -2.02. The van der Waals surface area contributed by atoms with E-state index in [4.69, 9.17) is 11.1 Å². The molecule has 1 aromatic rings. The molecule has 0 aliphatic heterocycles. The molecular formula is C8H15N5O2S. The van der Waals surface area contributed by atoms with Crippen molar-refractivity contribution in [2.75, 3.05) is 6.54 Å². The number of nitrogens with two attached hydrogens (primary N) is 1. The lowest BCUT2D eigenvalue weighted by molar-refractivity contribution is 0.579. The molecule has 0 atom stereocenters. The Hall–Kier alpha value is -1.41. The first kappa shape index (κ1) is 12.7. The summed E-state index contributed by atoms with van der Waals surface area (Å²) in [4.78, 5) is 3.78. The summed E-state index contributed by atoms with van der Waals surface area (Å²) in [5.41, 5.74) is 5.11. The lowest BCUT2D eigenvalue weighted by Crippen LogP contribution is -2.28. The Labute approximate surface area is 94.2 Å². The monoisotopic (exact) mass is 245 g/mol. The molecule has 90 valence electrons. The second-order valence-corrected chi connectivity index (χ2v) is 4.93. The van der Waals surface area contributed by atoms with Crippen LogP contribution in [0.1, 0.15) is 13.3 Å². The summed E-state index contributed by atoms with van der Waals surface area (Å²) in [7, 11) is -3.58. The van der Waals surface area contributed by atoms with Crippen LogP contribution in [0.25, 0.3) is 0 Å². The van der Waals surface area contributed by atoms with E-state index in [-0.39, 0.29) is 23.8 Å². The Morgan fingerprint density at radius 2 is 2.38 bits per heavy atom. The molecule has 1 heterocycles. The van der Waals surface area contributed by atoms with Crippen molar-refractivity contribution in [3.05, 3.63) is 12.5 Å². The number of nitrogens with zero attached hydrogens (tertiary/aromatic N) is 2. The highest BCUT2D eigenvalue weighted by Gasteiger charge is 2.16. The first-order valence-electron chi connectivity index (χ1n) is 4.80. The van der Waals surface area contributed by atoms with Gasteiger partial charge in [-0.15, -0.1) is 0 Å². The maximum Gasteiger partial charge on any atom is 0.259 e. The van der Waals surface area contributed by atoms with E-state index in [1.165, 1.54) is 12.5 Å². The van der Waals surface area contributed by atoms with Crippen molar-refractivity contribution >= 4 is 15.9 Å². The minimum absolute atomic E-state index is 0.0158. The molecule has 0 aliphatic carbocycles. The molecule has 0 aromatic carbocycles. The maximum atomic E-state index is 11.6. The van der Waals surface area contributed by atoms with E-state index in [2.05, 4.69) is 9.71 Å². The number of imidazole rings is 1. The molecule has 1 rings (SSSR count). The number of nitrogens with one attached hydrogen (secondary N) is 2. The second kappa shape index (κ2) is 5.08. The van der Waals surface area contributed by atoms with Gasteiger partial charge >= 0.3 is 0 Å². The standard InChI is InChI=1S/C8H15N5O2S/c1-2-13-5-8(11-6-13)16(14,15)12-4-3-7(9)10/h5-6,12H,2-4H2,1H3,(H3,9,10). The van der Waals surface area contributed by atoms with Crippen LogP contribution in [0.15, 0.2) is 17.6 Å². The van der Waals surface area contributed by atoms with Crippen LogP contribution in [0.3, 0.4) is 0 Å². The van der Waals surface area contributed by atoms with Crippen LogP contribution in [-0.4, -0.2) is 30.3 Å². The van der Waals surface area contributed by atoms with Gasteiger partial charge in [-0.1, -0.05) is 0 Å². The lowest BCUT2D eigenvalue weighted by atomic mass is 10.4. The minimum Gasteiger partial charge on any atom is -0.388 e. The highest BCUT2D eigenvalue weighted by atomic mass is 32.2. The van der Waals surface area contributed by atoms with Gasteiger partial charge in [0.1, 0.15) is 0 Å². The van der Waals surface area contributed by atoms with Crippen molar-refractivity contribution in [1.29, 1.82) is 5.41 Å². The third-order valence-corrected chi connectivity index (χ3v) is 3.28. The van der Waals surface area contributed by atoms with E-state index in [1.807, 2.05) is 6.92 Å². The molecule has 0 radical (unpaired) electrons. The van der Waals surface area contributed by atoms with Crippen molar-refractivity contribution in [1.82, 2.24) is 14.3 Å². The van der Waals surface area contributed by atoms with Gasteiger partial charge in [-0.05, 0) is 6.92 Å². The fraction of sp³-hybridized carbons (Fsp3) is 0.500. The summed E-state index contributed by atoms with van der Waals surface area (Å²) >= 11 is 0. The normalized spacial score (nSPS) is 11.6. The Kier molecular flexibility index (Phi) is 4.02. The van der Waals surface area contributed by atoms with Crippen LogP contribution in [-0.2, 0) is 16.6 Å². The van der Waals surface area contributed by atoms with Gasteiger partial charge in [-0.3, -0.25) is 5.41 Å². The number of aryl methyl sites for hydroxylation is 1. The number of hydrogen-bond acceptors (Lipinski definition) is 4. The average molecular weight is 245 g/mol. The SMILES string of the molecule is CCn1cnc(S(=O)(=O)NCCC(=N)N)c1. The molecule has 0 spiro atoms. The van der Waals surface area contributed by atoms with E-state index in [1.54, 1.807) is 4.57 Å². The van der Waals surface area contributed by atoms with Gasteiger partial charge in [0, 0.05) is 25.7 Å². The number of aromatic nitrogens is 2. The fourth-order valence-corrected chi connectivity index (χ4v) is 2.02. The third kappa shape index (κ3) is 3.31. The van der Waals surface area contributed by atoms with Crippen molar-refractivity contribution < 1.29 is 8.42 Å². The van der Waals surface area contributed by atoms with Crippen LogP contribution < -0.4 is 10.5 Å². The molecule has 0 fully saturated rings. The van der Waals surface area contributed by atoms with Crippen molar-refractivity contribution in [3.63, 3.8) is 0 Å². The molecule has 8 heteroatoms. The number of hydrogen-bond donors (Lipinski definition) is 3. The van der Waals surface area contributed by atoms with Crippen molar-refractivity contribution in [3.8, 4) is 0 Å². The van der Waals surface area contributed by atoms with Crippen molar-refractivity contribution in [2.24, 2.45) is 5.73 Å². The highest BCUT2D eigenvalue weighted by molar-refractivity contribution is 7.89. The fourth-order valence-electron chi connectivity index (χ4n) is 1.05. The molecule has 0 bridgehead atoms. The van der Waals surface area contributed by atoms with Gasteiger partial charge in [-0.25, -0.2) is 18.1 Å². The second-order valence-electron chi connectivity index (χ2n) is 3.22. The molecule has 0 saturated carbocycles. The highest BCUT2D eigenvalue weighted by Crippen LogP contribution is 2.04. The van der Waals surface area contributed by atoms with E-state index in [0.717, 1.165) is 0 Å². The zero-order valence-corrected chi connectivity index (χ0v) is 9.79. The van der Waals surface area contributed by atoms with Crippen LogP contribution in [0.4, 0.5) is 0 Å². The van der Waals surface area contributed by atoms with Gasteiger partial charge in [0.2, 0.25) is 0 Å². The quantitative estimate of drug-likeness (QED) is 0.463. The summed E-state index contributed by atoms with van der Waals surface area (Å²) in [6.45, 7) is 2.66. The summed E-state index contributed by atoms with van der Waals surface area (Å²) in [5.74, 6) is -0.0539. The molecular weight excluding hydrogens is 230 g/mol. The smallest absolute Gasteiger partial charge is 0.259 e. The summed E-state index contributed by atoms with van der Waals surface area (Å²) in [6, 6.07) is 0. The zero-order valence-electron chi connectivity index (χ0n) is 8.97. The van der Waals surface area contributed by atoms with Gasteiger partial charge in [-0.2, -0.15) is 0 Å². The van der Waals surface area contributed by atoms with Crippen LogP contribution >= 0.6 is 0 Å². The van der Waals surface area contributed by atoms with Gasteiger partial charge in [0.25, 0.3) is 10.0 Å². The van der Waals surface area contributed by atoms with Crippen molar-refractivity contribution in [2.45, 2.75) is 24.9 Å².